The topological polar surface area (TPSA) is 72.7 Å². The SMILES string of the molecule is CCOc1cccc2c1OCC(c1nc(C3CNCCN3C)no1)=C2.Cl. The summed E-state index contributed by atoms with van der Waals surface area (Å²) < 4.78 is 17.0. The van der Waals surface area contributed by atoms with Crippen LogP contribution in [0, 0.1) is 0 Å². The Labute approximate surface area is 158 Å². The average molecular weight is 379 g/mol. The number of piperazine rings is 1. The van der Waals surface area contributed by atoms with Crippen LogP contribution in [0.1, 0.15) is 30.2 Å². The predicted molar refractivity (Wildman–Crippen MR) is 101 cm³/mol. The summed E-state index contributed by atoms with van der Waals surface area (Å²) in [6, 6.07) is 5.99. The number of benzene rings is 1. The Hall–Kier alpha value is -2.09. The third-order valence-electron chi connectivity index (χ3n) is 4.54. The highest BCUT2D eigenvalue weighted by Crippen LogP contribution is 2.37. The molecule has 0 spiro atoms. The van der Waals surface area contributed by atoms with E-state index in [1.807, 2.05) is 31.2 Å². The highest BCUT2D eigenvalue weighted by atomic mass is 35.5. The number of aromatic nitrogens is 2. The van der Waals surface area contributed by atoms with Crippen LogP contribution in [0.4, 0.5) is 0 Å². The zero-order valence-electron chi connectivity index (χ0n) is 14.9. The van der Waals surface area contributed by atoms with Gasteiger partial charge in [-0.25, -0.2) is 0 Å². The molecule has 1 saturated heterocycles. The van der Waals surface area contributed by atoms with Gasteiger partial charge in [-0.1, -0.05) is 17.3 Å². The molecule has 0 amide bonds. The molecule has 26 heavy (non-hydrogen) atoms. The van der Waals surface area contributed by atoms with Crippen LogP contribution in [-0.4, -0.2) is 54.9 Å². The molecule has 1 atom stereocenters. The number of rotatable bonds is 4. The number of nitrogens with zero attached hydrogens (tertiary/aromatic N) is 3. The minimum absolute atomic E-state index is 0. The van der Waals surface area contributed by atoms with Crippen LogP contribution in [-0.2, 0) is 0 Å². The summed E-state index contributed by atoms with van der Waals surface area (Å²) in [5.74, 6) is 2.75. The minimum Gasteiger partial charge on any atom is -0.490 e. The van der Waals surface area contributed by atoms with Gasteiger partial charge in [-0.15, -0.1) is 12.4 Å². The number of para-hydroxylation sites is 1. The fourth-order valence-corrected chi connectivity index (χ4v) is 3.17. The molecule has 2 aliphatic heterocycles. The zero-order chi connectivity index (χ0) is 17.2. The summed E-state index contributed by atoms with van der Waals surface area (Å²) in [5.41, 5.74) is 1.84. The first-order valence-corrected chi connectivity index (χ1v) is 8.60. The van der Waals surface area contributed by atoms with Crippen molar-refractivity contribution in [3.63, 3.8) is 0 Å². The van der Waals surface area contributed by atoms with Gasteiger partial charge in [-0.3, -0.25) is 4.90 Å². The molecule has 1 N–H and O–H groups in total. The van der Waals surface area contributed by atoms with E-state index < -0.39 is 0 Å². The number of fused-ring (bicyclic) bond motifs is 1. The minimum atomic E-state index is 0. The van der Waals surface area contributed by atoms with E-state index in [0.717, 1.165) is 42.3 Å². The van der Waals surface area contributed by atoms with Crippen molar-refractivity contribution in [1.82, 2.24) is 20.4 Å². The molecular formula is C18H23ClN4O3. The molecule has 2 aliphatic rings. The highest BCUT2D eigenvalue weighted by molar-refractivity contribution is 5.85. The second kappa shape index (κ2) is 8.07. The molecule has 0 aliphatic carbocycles. The zero-order valence-corrected chi connectivity index (χ0v) is 15.7. The molecule has 1 fully saturated rings. The molecule has 4 rings (SSSR count). The van der Waals surface area contributed by atoms with Crippen molar-refractivity contribution in [1.29, 1.82) is 0 Å². The van der Waals surface area contributed by atoms with E-state index in [1.54, 1.807) is 0 Å². The Morgan fingerprint density at radius 3 is 3.08 bits per heavy atom. The lowest BCUT2D eigenvalue weighted by molar-refractivity contribution is 0.190. The number of ether oxygens (including phenoxy) is 2. The lowest BCUT2D eigenvalue weighted by Gasteiger charge is -2.30. The molecule has 8 heteroatoms. The molecule has 0 saturated carbocycles. The Morgan fingerprint density at radius 2 is 2.27 bits per heavy atom. The van der Waals surface area contributed by atoms with Crippen molar-refractivity contribution in [2.45, 2.75) is 13.0 Å². The monoisotopic (exact) mass is 378 g/mol. The predicted octanol–water partition coefficient (Wildman–Crippen LogP) is 2.40. The van der Waals surface area contributed by atoms with E-state index in [1.165, 1.54) is 0 Å². The van der Waals surface area contributed by atoms with Gasteiger partial charge in [0.2, 0.25) is 0 Å². The van der Waals surface area contributed by atoms with Crippen molar-refractivity contribution in [3.8, 4) is 11.5 Å². The Kier molecular flexibility index (Phi) is 5.80. The summed E-state index contributed by atoms with van der Waals surface area (Å²) in [7, 11) is 2.08. The van der Waals surface area contributed by atoms with Gasteiger partial charge in [-0.2, -0.15) is 4.98 Å². The van der Waals surface area contributed by atoms with Crippen LogP contribution in [0.25, 0.3) is 11.6 Å². The van der Waals surface area contributed by atoms with Crippen LogP contribution < -0.4 is 14.8 Å². The first kappa shape index (κ1) is 18.7. The van der Waals surface area contributed by atoms with Gasteiger partial charge in [0, 0.05) is 25.2 Å². The van der Waals surface area contributed by atoms with Gasteiger partial charge in [-0.05, 0) is 26.1 Å². The number of hydrogen-bond donors (Lipinski definition) is 1. The van der Waals surface area contributed by atoms with Gasteiger partial charge < -0.3 is 19.3 Å². The average Bonchev–Trinajstić information content (AvgIpc) is 3.12. The van der Waals surface area contributed by atoms with Gasteiger partial charge >= 0.3 is 0 Å². The van der Waals surface area contributed by atoms with Crippen LogP contribution in [0.15, 0.2) is 22.7 Å². The number of hydrogen-bond acceptors (Lipinski definition) is 7. The van der Waals surface area contributed by atoms with E-state index in [4.69, 9.17) is 14.0 Å². The molecule has 7 nitrogen and oxygen atoms in total. The van der Waals surface area contributed by atoms with Crippen LogP contribution in [0.5, 0.6) is 11.5 Å². The Bertz CT molecular complexity index is 792. The number of nitrogens with one attached hydrogen (secondary N) is 1. The first-order valence-electron chi connectivity index (χ1n) is 8.60. The normalized spacial score (nSPS) is 19.8. The second-order valence-electron chi connectivity index (χ2n) is 6.22. The lowest BCUT2D eigenvalue weighted by atomic mass is 10.1. The maximum Gasteiger partial charge on any atom is 0.257 e. The maximum atomic E-state index is 5.91. The summed E-state index contributed by atoms with van der Waals surface area (Å²) >= 11 is 0. The fourth-order valence-electron chi connectivity index (χ4n) is 3.17. The molecule has 1 unspecified atom stereocenters. The molecule has 0 bridgehead atoms. The fraction of sp³-hybridized carbons (Fsp3) is 0.444. The van der Waals surface area contributed by atoms with Crippen molar-refractivity contribution < 1.29 is 14.0 Å². The summed E-state index contributed by atoms with van der Waals surface area (Å²) in [5, 5.41) is 7.55. The summed E-state index contributed by atoms with van der Waals surface area (Å²) in [6.07, 6.45) is 2.03. The van der Waals surface area contributed by atoms with E-state index in [2.05, 4.69) is 27.4 Å². The van der Waals surface area contributed by atoms with Crippen molar-refractivity contribution in [2.75, 3.05) is 39.9 Å². The Balaban J connectivity index is 0.00000196. The van der Waals surface area contributed by atoms with E-state index in [-0.39, 0.29) is 18.4 Å². The molecule has 3 heterocycles. The summed E-state index contributed by atoms with van der Waals surface area (Å²) in [4.78, 5) is 6.84. The second-order valence-corrected chi connectivity index (χ2v) is 6.22. The van der Waals surface area contributed by atoms with Crippen LogP contribution in [0.3, 0.4) is 0 Å². The van der Waals surface area contributed by atoms with Crippen molar-refractivity contribution in [2.24, 2.45) is 0 Å². The molecule has 0 radical (unpaired) electrons. The van der Waals surface area contributed by atoms with Gasteiger partial charge in [0.1, 0.15) is 6.61 Å². The molecule has 1 aromatic carbocycles. The van der Waals surface area contributed by atoms with Gasteiger partial charge in [0.15, 0.2) is 17.3 Å². The summed E-state index contributed by atoms with van der Waals surface area (Å²) in [6.45, 7) is 5.72. The maximum absolute atomic E-state index is 5.91. The molecule has 1 aromatic heterocycles. The van der Waals surface area contributed by atoms with Crippen LogP contribution in [0.2, 0.25) is 0 Å². The van der Waals surface area contributed by atoms with E-state index >= 15 is 0 Å². The molecular weight excluding hydrogens is 356 g/mol. The van der Waals surface area contributed by atoms with Gasteiger partial charge in [0.05, 0.1) is 18.2 Å². The van der Waals surface area contributed by atoms with E-state index in [0.29, 0.717) is 24.9 Å². The third-order valence-corrected chi connectivity index (χ3v) is 4.54. The smallest absolute Gasteiger partial charge is 0.257 e. The first-order chi connectivity index (χ1) is 12.3. The van der Waals surface area contributed by atoms with Crippen molar-refractivity contribution >= 4 is 24.1 Å². The van der Waals surface area contributed by atoms with Crippen LogP contribution >= 0.6 is 12.4 Å². The number of likely N-dealkylation sites (N-methyl/N-ethyl adjacent to an activating group) is 1. The lowest BCUT2D eigenvalue weighted by Crippen LogP contribution is -2.44. The Morgan fingerprint density at radius 1 is 1.38 bits per heavy atom. The highest BCUT2D eigenvalue weighted by Gasteiger charge is 2.27. The third kappa shape index (κ3) is 3.56. The standard InChI is InChI=1S/C18H22N4O3.ClH/c1-3-23-15-6-4-5-12-9-13(11-24-16(12)15)18-20-17(21-25-18)14-10-19-7-8-22(14)2;/h4-6,9,14,19H,3,7-8,10-11H2,1-2H3;1H. The quantitative estimate of drug-likeness (QED) is 0.875. The van der Waals surface area contributed by atoms with E-state index in [9.17, 15) is 0 Å². The van der Waals surface area contributed by atoms with Crippen molar-refractivity contribution in [3.05, 3.63) is 35.5 Å². The number of halogens is 1. The van der Waals surface area contributed by atoms with Gasteiger partial charge in [0.25, 0.3) is 5.89 Å². The largest absolute Gasteiger partial charge is 0.490 e. The molecule has 140 valence electrons. The molecule has 2 aromatic rings.